The van der Waals surface area contributed by atoms with Gasteiger partial charge in [-0.25, -0.2) is 18.4 Å². The molecule has 0 atom stereocenters. The molecule has 3 aliphatic heterocycles. The third kappa shape index (κ3) is 4.80. The van der Waals surface area contributed by atoms with Gasteiger partial charge in [0.25, 0.3) is 0 Å². The number of rotatable bonds is 5. The summed E-state index contributed by atoms with van der Waals surface area (Å²) in [6.07, 6.45) is 0.373. The van der Waals surface area contributed by atoms with Crippen molar-refractivity contribution in [2.45, 2.75) is 24.7 Å². The van der Waals surface area contributed by atoms with Crippen molar-refractivity contribution in [2.24, 2.45) is 0 Å². The first-order chi connectivity index (χ1) is 17.2. The van der Waals surface area contributed by atoms with E-state index in [1.165, 1.54) is 28.6 Å². The van der Waals surface area contributed by atoms with E-state index in [4.69, 9.17) is 0 Å². The van der Waals surface area contributed by atoms with Crippen molar-refractivity contribution < 1.29 is 18.0 Å². The number of hydrogen-bond donors (Lipinski definition) is 0. The number of aromatic nitrogens is 2. The third-order valence-corrected chi connectivity index (χ3v) is 8.90. The molecule has 12 heteroatoms. The van der Waals surface area contributed by atoms with Crippen LogP contribution >= 0.6 is 0 Å². The summed E-state index contributed by atoms with van der Waals surface area (Å²) >= 11 is 0. The van der Waals surface area contributed by atoms with E-state index in [0.717, 1.165) is 42.7 Å². The van der Waals surface area contributed by atoms with Crippen LogP contribution in [0.25, 0.3) is 0 Å². The summed E-state index contributed by atoms with van der Waals surface area (Å²) in [6.45, 7) is 7.39. The Morgan fingerprint density at radius 3 is 1.78 bits per heavy atom. The van der Waals surface area contributed by atoms with E-state index in [-0.39, 0.29) is 29.6 Å². The normalized spacial score (nSPS) is 20.4. The SMILES string of the molecule is Cc1nc(N2CCN(C)CC2)cc(N2CCN(S(=O)(=O)c3ccc(N4C(=O)CCC4=O)cc3)CC2)n1. The predicted molar refractivity (Wildman–Crippen MR) is 136 cm³/mol. The molecule has 3 saturated heterocycles. The molecule has 0 aliphatic carbocycles. The molecular formula is C24H31N7O4S. The largest absolute Gasteiger partial charge is 0.354 e. The number of carbonyl (C=O) groups excluding carboxylic acids is 2. The summed E-state index contributed by atoms with van der Waals surface area (Å²) in [6, 6.07) is 7.97. The monoisotopic (exact) mass is 513 g/mol. The zero-order valence-corrected chi connectivity index (χ0v) is 21.4. The van der Waals surface area contributed by atoms with Crippen molar-refractivity contribution in [1.82, 2.24) is 19.2 Å². The van der Waals surface area contributed by atoms with Crippen LogP contribution in [-0.2, 0) is 19.6 Å². The van der Waals surface area contributed by atoms with Gasteiger partial charge in [-0.05, 0) is 38.2 Å². The summed E-state index contributed by atoms with van der Waals surface area (Å²) in [4.78, 5) is 41.1. The fraction of sp³-hybridized carbons (Fsp3) is 0.500. The van der Waals surface area contributed by atoms with Crippen molar-refractivity contribution in [3.63, 3.8) is 0 Å². The molecule has 1 aromatic carbocycles. The second kappa shape index (κ2) is 9.75. The highest BCUT2D eigenvalue weighted by atomic mass is 32.2. The number of imide groups is 1. The minimum atomic E-state index is -3.70. The number of hydrogen-bond acceptors (Lipinski definition) is 9. The molecule has 3 aliphatic rings. The van der Waals surface area contributed by atoms with Gasteiger partial charge in [-0.1, -0.05) is 0 Å². The Labute approximate surface area is 211 Å². The van der Waals surface area contributed by atoms with Gasteiger partial charge in [-0.2, -0.15) is 4.31 Å². The van der Waals surface area contributed by atoms with Crippen LogP contribution in [-0.4, -0.2) is 98.8 Å². The molecule has 2 amide bonds. The molecule has 0 unspecified atom stereocenters. The van der Waals surface area contributed by atoms with Crippen LogP contribution in [0.1, 0.15) is 18.7 Å². The second-order valence-corrected chi connectivity index (χ2v) is 11.4. The van der Waals surface area contributed by atoms with Crippen LogP contribution < -0.4 is 14.7 Å². The van der Waals surface area contributed by atoms with Gasteiger partial charge in [-0.15, -0.1) is 0 Å². The van der Waals surface area contributed by atoms with E-state index in [0.29, 0.717) is 37.7 Å². The number of piperazine rings is 2. The first kappa shape index (κ1) is 24.6. The van der Waals surface area contributed by atoms with Crippen LogP contribution in [0.4, 0.5) is 17.3 Å². The third-order valence-electron chi connectivity index (χ3n) is 6.99. The van der Waals surface area contributed by atoms with Crippen LogP contribution in [0.5, 0.6) is 0 Å². The van der Waals surface area contributed by atoms with Gasteiger partial charge in [0.2, 0.25) is 21.8 Å². The lowest BCUT2D eigenvalue weighted by molar-refractivity contribution is -0.121. The topological polar surface area (TPSA) is 110 Å². The van der Waals surface area contributed by atoms with Crippen molar-refractivity contribution in [3.8, 4) is 0 Å². The van der Waals surface area contributed by atoms with Gasteiger partial charge in [0.1, 0.15) is 17.5 Å². The fourth-order valence-corrected chi connectivity index (χ4v) is 6.26. The van der Waals surface area contributed by atoms with Gasteiger partial charge in [-0.3, -0.25) is 14.5 Å². The molecule has 0 spiro atoms. The summed E-state index contributed by atoms with van der Waals surface area (Å²) in [7, 11) is -1.58. The lowest BCUT2D eigenvalue weighted by atomic mass is 10.3. The standard InChI is InChI=1S/C24H31N7O4S/c1-18-25-21(28-11-9-27(2)10-12-28)17-22(26-18)29-13-15-30(16-14-29)36(34,35)20-5-3-19(4-6-20)31-23(32)7-8-24(31)33/h3-6,17H,7-16H2,1-2H3. The maximum Gasteiger partial charge on any atom is 0.243 e. The molecule has 1 aromatic heterocycles. The predicted octanol–water partition coefficient (Wildman–Crippen LogP) is 0.701. The van der Waals surface area contributed by atoms with Crippen LogP contribution in [0.15, 0.2) is 35.2 Å². The van der Waals surface area contributed by atoms with Gasteiger partial charge >= 0.3 is 0 Å². The minimum Gasteiger partial charge on any atom is -0.354 e. The number of sulfonamides is 1. The summed E-state index contributed by atoms with van der Waals surface area (Å²) < 4.78 is 28.0. The number of nitrogens with zero attached hydrogens (tertiary/aromatic N) is 7. The van der Waals surface area contributed by atoms with Crippen molar-refractivity contribution >= 4 is 39.2 Å². The maximum absolute atomic E-state index is 13.3. The van der Waals surface area contributed by atoms with Crippen molar-refractivity contribution in [3.05, 3.63) is 36.2 Å². The molecule has 192 valence electrons. The Balaban J connectivity index is 1.26. The number of anilines is 3. The minimum absolute atomic E-state index is 0.147. The van der Waals surface area contributed by atoms with E-state index in [2.05, 4.69) is 31.7 Å². The molecular weight excluding hydrogens is 482 g/mol. The van der Waals surface area contributed by atoms with Crippen molar-refractivity contribution in [2.75, 3.05) is 74.1 Å². The Hall–Kier alpha value is -3.09. The zero-order valence-electron chi connectivity index (χ0n) is 20.6. The smallest absolute Gasteiger partial charge is 0.243 e. The van der Waals surface area contributed by atoms with Crippen molar-refractivity contribution in [1.29, 1.82) is 0 Å². The second-order valence-electron chi connectivity index (χ2n) is 9.43. The average molecular weight is 514 g/mol. The molecule has 0 N–H and O–H groups in total. The Morgan fingerprint density at radius 2 is 1.25 bits per heavy atom. The number of likely N-dealkylation sites (N-methyl/N-ethyl adjacent to an activating group) is 1. The Bertz CT molecular complexity index is 1240. The van der Waals surface area contributed by atoms with Gasteiger partial charge in [0.15, 0.2) is 0 Å². The molecule has 0 saturated carbocycles. The zero-order chi connectivity index (χ0) is 25.4. The quantitative estimate of drug-likeness (QED) is 0.534. The lowest BCUT2D eigenvalue weighted by Gasteiger charge is -2.36. The van der Waals surface area contributed by atoms with Gasteiger partial charge in [0, 0.05) is 71.3 Å². The number of aryl methyl sites for hydroxylation is 1. The first-order valence-corrected chi connectivity index (χ1v) is 13.7. The molecule has 5 rings (SSSR count). The van der Waals surface area contributed by atoms with E-state index >= 15 is 0 Å². The van der Waals surface area contributed by atoms with Gasteiger partial charge in [0.05, 0.1) is 10.6 Å². The lowest BCUT2D eigenvalue weighted by Crippen LogP contribution is -2.49. The fourth-order valence-electron chi connectivity index (χ4n) is 4.83. The van der Waals surface area contributed by atoms with Crippen LogP contribution in [0.3, 0.4) is 0 Å². The van der Waals surface area contributed by atoms with Crippen LogP contribution in [0, 0.1) is 6.92 Å². The van der Waals surface area contributed by atoms with E-state index in [1.54, 1.807) is 0 Å². The molecule has 11 nitrogen and oxygen atoms in total. The van der Waals surface area contributed by atoms with E-state index in [9.17, 15) is 18.0 Å². The number of benzene rings is 1. The first-order valence-electron chi connectivity index (χ1n) is 12.2. The molecule has 2 aromatic rings. The molecule has 36 heavy (non-hydrogen) atoms. The summed E-state index contributed by atoms with van der Waals surface area (Å²) in [5.41, 5.74) is 0.404. The maximum atomic E-state index is 13.3. The van der Waals surface area contributed by atoms with E-state index < -0.39 is 10.0 Å². The highest BCUT2D eigenvalue weighted by Crippen LogP contribution is 2.27. The number of carbonyl (C=O) groups is 2. The molecule has 0 radical (unpaired) electrons. The molecule has 4 heterocycles. The highest BCUT2D eigenvalue weighted by Gasteiger charge is 2.32. The molecule has 3 fully saturated rings. The summed E-state index contributed by atoms with van der Waals surface area (Å²) in [5, 5.41) is 0. The highest BCUT2D eigenvalue weighted by molar-refractivity contribution is 7.89. The number of amides is 2. The Morgan fingerprint density at radius 1 is 0.750 bits per heavy atom. The van der Waals surface area contributed by atoms with Crippen LogP contribution in [0.2, 0.25) is 0 Å². The molecule has 0 bridgehead atoms. The van der Waals surface area contributed by atoms with Gasteiger partial charge < -0.3 is 14.7 Å². The Kier molecular flexibility index (Phi) is 6.66. The average Bonchev–Trinajstić information content (AvgIpc) is 3.22. The summed E-state index contributed by atoms with van der Waals surface area (Å²) in [5.74, 6) is 1.91. The van der Waals surface area contributed by atoms with E-state index in [1.807, 2.05) is 13.0 Å².